The van der Waals surface area contributed by atoms with E-state index in [0.717, 1.165) is 11.3 Å². The van der Waals surface area contributed by atoms with Gasteiger partial charge in [-0.1, -0.05) is 37.3 Å². The molecule has 126 valence electrons. The molecule has 0 N–H and O–H groups in total. The third-order valence-electron chi connectivity index (χ3n) is 4.08. The standard InChI is InChI=1S/C18H16N4O3/c1-3-13-9-8-12(10-16(13)22(24)25)11-19-20-17-14-6-4-5-7-15(14)21(2)18(17)23/h4-11H,3H2,1-2H3/b19-11-,20-17-. The third kappa shape index (κ3) is 3.03. The summed E-state index contributed by atoms with van der Waals surface area (Å²) in [4.78, 5) is 24.5. The van der Waals surface area contributed by atoms with E-state index < -0.39 is 4.92 Å². The van der Waals surface area contributed by atoms with E-state index in [1.807, 2.05) is 31.2 Å². The summed E-state index contributed by atoms with van der Waals surface area (Å²) >= 11 is 0. The van der Waals surface area contributed by atoms with Crippen LogP contribution in [0.4, 0.5) is 11.4 Å². The van der Waals surface area contributed by atoms with Gasteiger partial charge in [0.1, 0.15) is 0 Å². The summed E-state index contributed by atoms with van der Waals surface area (Å²) in [7, 11) is 1.68. The average molecular weight is 336 g/mol. The van der Waals surface area contributed by atoms with E-state index in [4.69, 9.17) is 0 Å². The number of carbonyl (C=O) groups excluding carboxylic acids is 1. The number of hydrogen-bond acceptors (Lipinski definition) is 5. The van der Waals surface area contributed by atoms with Gasteiger partial charge in [-0.3, -0.25) is 14.9 Å². The van der Waals surface area contributed by atoms with E-state index in [-0.39, 0.29) is 17.3 Å². The number of aryl methyl sites for hydroxylation is 1. The van der Waals surface area contributed by atoms with Gasteiger partial charge in [-0.25, -0.2) is 0 Å². The SMILES string of the molecule is CCc1ccc(/C=N\N=C2/C(=O)N(C)c3ccccc32)cc1[N+](=O)[O-]. The van der Waals surface area contributed by atoms with Crippen LogP contribution in [0.1, 0.15) is 23.6 Å². The van der Waals surface area contributed by atoms with Gasteiger partial charge < -0.3 is 4.90 Å². The van der Waals surface area contributed by atoms with Crippen molar-refractivity contribution in [2.24, 2.45) is 10.2 Å². The summed E-state index contributed by atoms with van der Waals surface area (Å²) in [6.07, 6.45) is 1.99. The first-order valence-corrected chi connectivity index (χ1v) is 7.78. The van der Waals surface area contributed by atoms with E-state index in [1.54, 1.807) is 19.2 Å². The fourth-order valence-corrected chi connectivity index (χ4v) is 2.73. The first kappa shape index (κ1) is 16.5. The van der Waals surface area contributed by atoms with E-state index in [9.17, 15) is 14.9 Å². The molecule has 0 fully saturated rings. The molecule has 0 atom stereocenters. The van der Waals surface area contributed by atoms with Crippen LogP contribution >= 0.6 is 0 Å². The molecule has 0 aliphatic carbocycles. The number of nitrogens with zero attached hydrogens (tertiary/aromatic N) is 4. The minimum atomic E-state index is -0.409. The van der Waals surface area contributed by atoms with Crippen LogP contribution in [0.25, 0.3) is 0 Å². The Morgan fingerprint density at radius 2 is 2.00 bits per heavy atom. The van der Waals surface area contributed by atoms with Crippen molar-refractivity contribution in [3.8, 4) is 0 Å². The van der Waals surface area contributed by atoms with Crippen molar-refractivity contribution in [3.05, 3.63) is 69.3 Å². The molecule has 0 saturated carbocycles. The lowest BCUT2D eigenvalue weighted by Gasteiger charge is -2.07. The molecule has 7 heteroatoms. The Bertz CT molecular complexity index is 918. The van der Waals surface area contributed by atoms with E-state index >= 15 is 0 Å². The number of amides is 1. The van der Waals surface area contributed by atoms with Crippen molar-refractivity contribution in [2.75, 3.05) is 11.9 Å². The van der Waals surface area contributed by atoms with E-state index in [0.29, 0.717) is 17.5 Å². The number of hydrogen-bond donors (Lipinski definition) is 0. The van der Waals surface area contributed by atoms with Gasteiger partial charge in [0, 0.05) is 29.8 Å². The lowest BCUT2D eigenvalue weighted by Crippen LogP contribution is -2.25. The van der Waals surface area contributed by atoms with Gasteiger partial charge in [-0.2, -0.15) is 5.10 Å². The molecule has 0 aromatic heterocycles. The maximum atomic E-state index is 12.3. The highest BCUT2D eigenvalue weighted by Crippen LogP contribution is 2.27. The van der Waals surface area contributed by atoms with Crippen LogP contribution in [0.15, 0.2) is 52.7 Å². The predicted molar refractivity (Wildman–Crippen MR) is 96.5 cm³/mol. The lowest BCUT2D eigenvalue weighted by molar-refractivity contribution is -0.385. The molecule has 7 nitrogen and oxygen atoms in total. The van der Waals surface area contributed by atoms with Crippen molar-refractivity contribution in [3.63, 3.8) is 0 Å². The summed E-state index contributed by atoms with van der Waals surface area (Å²) in [6, 6.07) is 12.2. The number of nitro groups is 1. The van der Waals surface area contributed by atoms with Crippen LogP contribution in [0, 0.1) is 10.1 Å². The van der Waals surface area contributed by atoms with Crippen molar-refractivity contribution >= 4 is 29.2 Å². The first-order chi connectivity index (χ1) is 12.0. The molecule has 2 aromatic carbocycles. The summed E-state index contributed by atoms with van der Waals surface area (Å²) < 4.78 is 0. The van der Waals surface area contributed by atoms with Crippen LogP contribution in [-0.4, -0.2) is 29.8 Å². The van der Waals surface area contributed by atoms with Gasteiger partial charge in [0.2, 0.25) is 0 Å². The predicted octanol–water partition coefficient (Wildman–Crippen LogP) is 2.96. The van der Waals surface area contributed by atoms with Gasteiger partial charge in [-0.15, -0.1) is 5.10 Å². The van der Waals surface area contributed by atoms with Crippen molar-refractivity contribution < 1.29 is 9.72 Å². The molecular formula is C18H16N4O3. The molecule has 0 unspecified atom stereocenters. The Morgan fingerprint density at radius 1 is 1.24 bits per heavy atom. The highest BCUT2D eigenvalue weighted by Gasteiger charge is 2.30. The zero-order chi connectivity index (χ0) is 18.0. The topological polar surface area (TPSA) is 88.2 Å². The van der Waals surface area contributed by atoms with E-state index in [1.165, 1.54) is 17.2 Å². The minimum Gasteiger partial charge on any atom is -0.309 e. The fraction of sp³-hybridized carbons (Fsp3) is 0.167. The van der Waals surface area contributed by atoms with Crippen molar-refractivity contribution in [2.45, 2.75) is 13.3 Å². The fourth-order valence-electron chi connectivity index (χ4n) is 2.73. The molecule has 1 heterocycles. The molecule has 0 spiro atoms. The Kier molecular flexibility index (Phi) is 4.38. The van der Waals surface area contributed by atoms with Crippen LogP contribution in [0.2, 0.25) is 0 Å². The van der Waals surface area contributed by atoms with Crippen LogP contribution < -0.4 is 4.90 Å². The normalized spacial score (nSPS) is 15.2. The van der Waals surface area contributed by atoms with Crippen LogP contribution in [-0.2, 0) is 11.2 Å². The monoisotopic (exact) mass is 336 g/mol. The summed E-state index contributed by atoms with van der Waals surface area (Å²) in [5.74, 6) is -0.231. The molecule has 1 aliphatic rings. The van der Waals surface area contributed by atoms with Gasteiger partial charge >= 0.3 is 0 Å². The largest absolute Gasteiger partial charge is 0.309 e. The number of benzene rings is 2. The quantitative estimate of drug-likeness (QED) is 0.488. The number of carbonyl (C=O) groups is 1. The van der Waals surface area contributed by atoms with Gasteiger partial charge in [0.05, 0.1) is 16.8 Å². The summed E-state index contributed by atoms with van der Waals surface area (Å²) in [5.41, 5.74) is 3.04. The van der Waals surface area contributed by atoms with Crippen LogP contribution in [0.3, 0.4) is 0 Å². The number of likely N-dealkylation sites (N-methyl/N-ethyl adjacent to an activating group) is 1. The molecular weight excluding hydrogens is 320 g/mol. The number of nitro benzene ring substituents is 1. The number of para-hydroxylation sites is 1. The van der Waals surface area contributed by atoms with Crippen molar-refractivity contribution in [1.82, 2.24) is 0 Å². The van der Waals surface area contributed by atoms with Crippen LogP contribution in [0.5, 0.6) is 0 Å². The van der Waals surface area contributed by atoms with E-state index in [2.05, 4.69) is 10.2 Å². The Balaban J connectivity index is 1.91. The second kappa shape index (κ2) is 6.64. The molecule has 2 aromatic rings. The molecule has 3 rings (SSSR count). The Morgan fingerprint density at radius 3 is 2.72 bits per heavy atom. The molecule has 1 amide bonds. The third-order valence-corrected chi connectivity index (χ3v) is 4.08. The molecule has 0 saturated heterocycles. The second-order valence-electron chi connectivity index (χ2n) is 5.57. The summed E-state index contributed by atoms with van der Waals surface area (Å²) in [5, 5.41) is 19.1. The van der Waals surface area contributed by atoms with Gasteiger partial charge in [0.15, 0.2) is 5.71 Å². The minimum absolute atomic E-state index is 0.0566. The number of anilines is 1. The smallest absolute Gasteiger partial charge is 0.279 e. The number of fused-ring (bicyclic) bond motifs is 1. The maximum absolute atomic E-state index is 12.3. The maximum Gasteiger partial charge on any atom is 0.279 e. The molecule has 25 heavy (non-hydrogen) atoms. The Hall–Kier alpha value is -3.35. The molecule has 1 aliphatic heterocycles. The zero-order valence-corrected chi connectivity index (χ0v) is 13.8. The molecule has 0 bridgehead atoms. The summed E-state index contributed by atoms with van der Waals surface area (Å²) in [6.45, 7) is 1.86. The van der Waals surface area contributed by atoms with Gasteiger partial charge in [0.25, 0.3) is 11.6 Å². The number of rotatable bonds is 4. The average Bonchev–Trinajstić information content (AvgIpc) is 2.86. The van der Waals surface area contributed by atoms with Gasteiger partial charge in [-0.05, 0) is 12.5 Å². The highest BCUT2D eigenvalue weighted by atomic mass is 16.6. The Labute approximate surface area is 144 Å². The molecule has 0 radical (unpaired) electrons. The highest BCUT2D eigenvalue weighted by molar-refractivity contribution is 6.54. The second-order valence-corrected chi connectivity index (χ2v) is 5.57. The lowest BCUT2D eigenvalue weighted by atomic mass is 10.1. The zero-order valence-electron chi connectivity index (χ0n) is 13.8. The first-order valence-electron chi connectivity index (χ1n) is 7.78. The van der Waals surface area contributed by atoms with Crippen molar-refractivity contribution in [1.29, 1.82) is 0 Å².